The number of alkyl halides is 3. The first-order valence-corrected chi connectivity index (χ1v) is 2.24. The van der Waals surface area contributed by atoms with Crippen molar-refractivity contribution in [2.75, 3.05) is 7.11 Å². The molecule has 5 heteroatoms. The maximum atomic E-state index is 11.4. The molecular formula is C5H5F3O2. The van der Waals surface area contributed by atoms with Gasteiger partial charge in [-0.15, -0.1) is 0 Å². The van der Waals surface area contributed by atoms with E-state index in [1.807, 2.05) is 0 Å². The maximum Gasteiger partial charge on any atom is 0.458 e. The van der Waals surface area contributed by atoms with Crippen molar-refractivity contribution in [2.24, 2.45) is 0 Å². The predicted molar refractivity (Wildman–Crippen MR) is 27.2 cm³/mol. The molecule has 0 aliphatic carbocycles. The van der Waals surface area contributed by atoms with Gasteiger partial charge in [0, 0.05) is 0 Å². The molecule has 0 N–H and O–H groups in total. The van der Waals surface area contributed by atoms with Gasteiger partial charge in [-0.05, 0) is 0 Å². The molecule has 58 valence electrons. The molecule has 0 aromatic rings. The van der Waals surface area contributed by atoms with Crippen LogP contribution in [0.15, 0.2) is 12.3 Å². The van der Waals surface area contributed by atoms with E-state index in [9.17, 15) is 18.0 Å². The van der Waals surface area contributed by atoms with E-state index in [-0.39, 0.29) is 0 Å². The van der Waals surface area contributed by atoms with Gasteiger partial charge in [0.2, 0.25) is 0 Å². The van der Waals surface area contributed by atoms with Crippen LogP contribution in [-0.2, 0) is 9.53 Å². The number of hydrogen-bond acceptors (Lipinski definition) is 2. The molecule has 0 fully saturated rings. The minimum absolute atomic E-state index is 0.896. The Hall–Kier alpha value is -1.00. The molecule has 0 aliphatic rings. The van der Waals surface area contributed by atoms with Crippen LogP contribution in [0.25, 0.3) is 0 Å². The van der Waals surface area contributed by atoms with E-state index in [0.29, 0.717) is 0 Å². The number of rotatable bonds is 2. The number of Topliss-reactive ketones (excluding diaryl/α,β-unsaturated/α-hetero) is 1. The second kappa shape index (κ2) is 2.72. The second-order valence-electron chi connectivity index (χ2n) is 1.45. The van der Waals surface area contributed by atoms with Crippen molar-refractivity contribution < 1.29 is 22.7 Å². The molecule has 0 rings (SSSR count). The Bertz CT molecular complexity index is 159. The van der Waals surface area contributed by atoms with Crippen molar-refractivity contribution in [1.82, 2.24) is 0 Å². The summed E-state index contributed by atoms with van der Waals surface area (Å²) in [5.74, 6) is -2.94. The van der Waals surface area contributed by atoms with E-state index in [2.05, 4.69) is 11.3 Å². The summed E-state index contributed by atoms with van der Waals surface area (Å²) in [6, 6.07) is 0. The summed E-state index contributed by atoms with van der Waals surface area (Å²) >= 11 is 0. The van der Waals surface area contributed by atoms with E-state index < -0.39 is 17.7 Å². The van der Waals surface area contributed by atoms with Crippen LogP contribution in [0.1, 0.15) is 0 Å². The molecule has 0 saturated carbocycles. The van der Waals surface area contributed by atoms with Gasteiger partial charge in [-0.25, -0.2) is 0 Å². The molecule has 0 atom stereocenters. The third-order valence-corrected chi connectivity index (χ3v) is 0.757. The molecule has 0 bridgehead atoms. The largest absolute Gasteiger partial charge is 0.493 e. The van der Waals surface area contributed by atoms with E-state index in [0.717, 1.165) is 7.11 Å². The summed E-state index contributed by atoms with van der Waals surface area (Å²) in [7, 11) is 0.950. The van der Waals surface area contributed by atoms with Crippen LogP contribution in [0, 0.1) is 0 Å². The lowest BCUT2D eigenvalue weighted by Crippen LogP contribution is -2.24. The maximum absolute atomic E-state index is 11.4. The van der Waals surface area contributed by atoms with Crippen molar-refractivity contribution >= 4 is 5.78 Å². The molecule has 0 aromatic carbocycles. The third kappa shape index (κ3) is 2.08. The molecule has 0 saturated heterocycles. The van der Waals surface area contributed by atoms with Gasteiger partial charge in [0.25, 0.3) is 5.78 Å². The number of allylic oxidation sites excluding steroid dienone is 1. The van der Waals surface area contributed by atoms with E-state index >= 15 is 0 Å². The van der Waals surface area contributed by atoms with Crippen LogP contribution in [0.3, 0.4) is 0 Å². The molecular weight excluding hydrogens is 149 g/mol. The number of ketones is 1. The molecule has 0 aromatic heterocycles. The Balaban J connectivity index is 4.24. The summed E-state index contributed by atoms with van der Waals surface area (Å²) in [4.78, 5) is 10.0. The Morgan fingerprint density at radius 3 is 2.00 bits per heavy atom. The summed E-state index contributed by atoms with van der Waals surface area (Å²) in [6.07, 6.45) is -4.88. The first kappa shape index (κ1) is 9.00. The molecule has 0 spiro atoms. The number of ether oxygens (including phenoxy) is 1. The molecule has 0 unspecified atom stereocenters. The van der Waals surface area contributed by atoms with Crippen molar-refractivity contribution in [3.05, 3.63) is 12.3 Å². The number of methoxy groups -OCH3 is 1. The standard InChI is InChI=1S/C5H5F3O2/c1-3(10-2)4(9)5(6,7)8/h1H2,2H3. The highest BCUT2D eigenvalue weighted by Crippen LogP contribution is 2.19. The minimum atomic E-state index is -4.88. The minimum Gasteiger partial charge on any atom is -0.493 e. The Morgan fingerprint density at radius 2 is 1.90 bits per heavy atom. The van der Waals surface area contributed by atoms with Gasteiger partial charge >= 0.3 is 6.18 Å². The van der Waals surface area contributed by atoms with Crippen molar-refractivity contribution in [3.8, 4) is 0 Å². The zero-order valence-electron chi connectivity index (χ0n) is 5.16. The van der Waals surface area contributed by atoms with E-state index in [1.165, 1.54) is 0 Å². The van der Waals surface area contributed by atoms with Crippen LogP contribution < -0.4 is 0 Å². The molecule has 10 heavy (non-hydrogen) atoms. The molecule has 2 nitrogen and oxygen atoms in total. The number of halogens is 3. The van der Waals surface area contributed by atoms with E-state index in [1.54, 1.807) is 0 Å². The normalized spacial score (nSPS) is 10.8. The SMILES string of the molecule is C=C(OC)C(=O)C(F)(F)F. The van der Waals surface area contributed by atoms with Crippen LogP contribution in [-0.4, -0.2) is 19.1 Å². The topological polar surface area (TPSA) is 26.3 Å². The average Bonchev–Trinajstić information content (AvgIpc) is 1.83. The summed E-state index contributed by atoms with van der Waals surface area (Å²) in [5.41, 5.74) is 0. The van der Waals surface area contributed by atoms with Gasteiger partial charge in [-0.2, -0.15) is 13.2 Å². The zero-order valence-corrected chi connectivity index (χ0v) is 5.16. The molecule has 0 aliphatic heterocycles. The molecule has 0 heterocycles. The van der Waals surface area contributed by atoms with Crippen LogP contribution >= 0.6 is 0 Å². The Labute approximate surface area is 55.3 Å². The Kier molecular flexibility index (Phi) is 2.45. The first-order valence-electron chi connectivity index (χ1n) is 2.24. The van der Waals surface area contributed by atoms with Crippen LogP contribution in [0.2, 0.25) is 0 Å². The molecule has 0 amide bonds. The smallest absolute Gasteiger partial charge is 0.458 e. The average molecular weight is 154 g/mol. The van der Waals surface area contributed by atoms with Gasteiger partial charge in [0.15, 0.2) is 5.76 Å². The summed E-state index contributed by atoms with van der Waals surface area (Å²) in [6.45, 7) is 2.75. The highest BCUT2D eigenvalue weighted by atomic mass is 19.4. The highest BCUT2D eigenvalue weighted by molar-refractivity contribution is 5.97. The fourth-order valence-electron chi connectivity index (χ4n) is 0.251. The van der Waals surface area contributed by atoms with E-state index in [4.69, 9.17) is 0 Å². The fourth-order valence-corrected chi connectivity index (χ4v) is 0.251. The van der Waals surface area contributed by atoms with Gasteiger partial charge in [-0.1, -0.05) is 6.58 Å². The number of carbonyl (C=O) groups excluding carboxylic acids is 1. The van der Waals surface area contributed by atoms with Crippen LogP contribution in [0.4, 0.5) is 13.2 Å². The summed E-state index contributed by atoms with van der Waals surface area (Å²) in [5, 5.41) is 0. The van der Waals surface area contributed by atoms with Gasteiger partial charge < -0.3 is 4.74 Å². The third-order valence-electron chi connectivity index (χ3n) is 0.757. The lowest BCUT2D eigenvalue weighted by atomic mass is 10.3. The summed E-state index contributed by atoms with van der Waals surface area (Å²) < 4.78 is 38.2. The predicted octanol–water partition coefficient (Wildman–Crippen LogP) is 1.28. The fraction of sp³-hybridized carbons (Fsp3) is 0.400. The number of hydrogen-bond donors (Lipinski definition) is 0. The quantitative estimate of drug-likeness (QED) is 0.442. The Morgan fingerprint density at radius 1 is 1.50 bits per heavy atom. The lowest BCUT2D eigenvalue weighted by Gasteiger charge is -2.05. The first-order chi connectivity index (χ1) is 4.39. The van der Waals surface area contributed by atoms with Gasteiger partial charge in [0.1, 0.15) is 0 Å². The van der Waals surface area contributed by atoms with Gasteiger partial charge in [-0.3, -0.25) is 4.79 Å². The van der Waals surface area contributed by atoms with Crippen molar-refractivity contribution in [3.63, 3.8) is 0 Å². The van der Waals surface area contributed by atoms with Crippen molar-refractivity contribution in [1.29, 1.82) is 0 Å². The monoisotopic (exact) mass is 154 g/mol. The molecule has 0 radical (unpaired) electrons. The zero-order chi connectivity index (χ0) is 8.36. The highest BCUT2D eigenvalue weighted by Gasteiger charge is 2.40. The van der Waals surface area contributed by atoms with Crippen molar-refractivity contribution in [2.45, 2.75) is 6.18 Å². The lowest BCUT2D eigenvalue weighted by molar-refractivity contribution is -0.169. The van der Waals surface area contributed by atoms with Gasteiger partial charge in [0.05, 0.1) is 7.11 Å². The number of carbonyl (C=O) groups is 1. The second-order valence-corrected chi connectivity index (χ2v) is 1.45. The van der Waals surface area contributed by atoms with Crippen LogP contribution in [0.5, 0.6) is 0 Å².